The maximum atomic E-state index is 9.18. The summed E-state index contributed by atoms with van der Waals surface area (Å²) in [6, 6.07) is 13.2. The van der Waals surface area contributed by atoms with Gasteiger partial charge in [0, 0.05) is 5.57 Å². The summed E-state index contributed by atoms with van der Waals surface area (Å²) in [6.45, 7) is 0. The van der Waals surface area contributed by atoms with E-state index in [4.69, 9.17) is 5.73 Å². The average molecular weight is 298 g/mol. The van der Waals surface area contributed by atoms with E-state index in [0.717, 1.165) is 9.90 Å². The SMILES string of the molecule is CSc1nc(N)c(C(=C(C#N)C#N)c2ccccc2)s1. The maximum absolute atomic E-state index is 9.18. The highest BCUT2D eigenvalue weighted by Gasteiger charge is 2.18. The van der Waals surface area contributed by atoms with E-state index in [1.165, 1.54) is 23.1 Å². The van der Waals surface area contributed by atoms with Crippen LogP contribution in [0.3, 0.4) is 0 Å². The number of hydrogen-bond donors (Lipinski definition) is 1. The average Bonchev–Trinajstić information content (AvgIpc) is 2.86. The minimum atomic E-state index is 0.0409. The van der Waals surface area contributed by atoms with Crippen molar-refractivity contribution in [2.75, 3.05) is 12.0 Å². The molecule has 0 saturated carbocycles. The van der Waals surface area contributed by atoms with Gasteiger partial charge in [-0.3, -0.25) is 0 Å². The van der Waals surface area contributed by atoms with Gasteiger partial charge in [-0.25, -0.2) is 4.98 Å². The van der Waals surface area contributed by atoms with Gasteiger partial charge < -0.3 is 5.73 Å². The second kappa shape index (κ2) is 6.25. The van der Waals surface area contributed by atoms with Crippen molar-refractivity contribution in [2.45, 2.75) is 4.34 Å². The minimum absolute atomic E-state index is 0.0409. The number of rotatable bonds is 3. The summed E-state index contributed by atoms with van der Waals surface area (Å²) in [7, 11) is 0. The van der Waals surface area contributed by atoms with E-state index in [1.54, 1.807) is 0 Å². The molecule has 1 heterocycles. The van der Waals surface area contributed by atoms with Crippen molar-refractivity contribution in [1.82, 2.24) is 4.98 Å². The highest BCUT2D eigenvalue weighted by molar-refractivity contribution is 8.00. The van der Waals surface area contributed by atoms with Crippen LogP contribution >= 0.6 is 23.1 Å². The number of nitrogen functional groups attached to an aromatic ring is 1. The Labute approximate surface area is 125 Å². The molecular formula is C14H10N4S2. The summed E-state index contributed by atoms with van der Waals surface area (Å²) >= 11 is 2.87. The first kappa shape index (κ1) is 14.1. The number of anilines is 1. The van der Waals surface area contributed by atoms with E-state index in [9.17, 15) is 10.5 Å². The van der Waals surface area contributed by atoms with Crippen molar-refractivity contribution in [3.63, 3.8) is 0 Å². The van der Waals surface area contributed by atoms with Crippen molar-refractivity contribution >= 4 is 34.5 Å². The van der Waals surface area contributed by atoms with Gasteiger partial charge >= 0.3 is 0 Å². The summed E-state index contributed by atoms with van der Waals surface area (Å²) in [5, 5.41) is 18.4. The molecule has 0 atom stereocenters. The normalized spacial score (nSPS) is 9.55. The van der Waals surface area contributed by atoms with Crippen LogP contribution in [-0.2, 0) is 0 Å². The molecule has 2 N–H and O–H groups in total. The van der Waals surface area contributed by atoms with Crippen molar-refractivity contribution in [3.05, 3.63) is 46.3 Å². The lowest BCUT2D eigenvalue weighted by Gasteiger charge is -2.06. The molecule has 0 spiro atoms. The molecule has 2 aromatic rings. The lowest BCUT2D eigenvalue weighted by molar-refractivity contribution is 1.26. The Morgan fingerprint density at radius 1 is 1.25 bits per heavy atom. The summed E-state index contributed by atoms with van der Waals surface area (Å²) in [4.78, 5) is 4.90. The standard InChI is InChI=1S/C14H10N4S2/c1-19-14-18-13(17)12(20-14)11(10(7-15)8-16)9-5-3-2-4-6-9/h2-6H,17H2,1H3. The fourth-order valence-corrected chi connectivity index (χ4v) is 3.27. The van der Waals surface area contributed by atoms with Crippen molar-refractivity contribution in [1.29, 1.82) is 10.5 Å². The smallest absolute Gasteiger partial charge is 0.152 e. The van der Waals surface area contributed by atoms with Crippen LogP contribution in [0.15, 0.2) is 40.2 Å². The molecule has 4 nitrogen and oxygen atoms in total. The molecule has 0 saturated heterocycles. The number of hydrogen-bond acceptors (Lipinski definition) is 6. The molecular weight excluding hydrogens is 288 g/mol. The Balaban J connectivity index is 2.72. The lowest BCUT2D eigenvalue weighted by atomic mass is 9.99. The predicted octanol–water partition coefficient (Wildman–Crippen LogP) is 3.30. The van der Waals surface area contributed by atoms with Gasteiger partial charge in [-0.1, -0.05) is 42.1 Å². The van der Waals surface area contributed by atoms with E-state index < -0.39 is 0 Å². The maximum Gasteiger partial charge on any atom is 0.152 e. The highest BCUT2D eigenvalue weighted by Crippen LogP contribution is 2.37. The highest BCUT2D eigenvalue weighted by atomic mass is 32.2. The number of aromatic nitrogens is 1. The number of thiazole rings is 1. The Bertz CT molecular complexity index is 717. The van der Waals surface area contributed by atoms with Crippen LogP contribution in [0.4, 0.5) is 5.82 Å². The van der Waals surface area contributed by atoms with E-state index in [-0.39, 0.29) is 5.57 Å². The predicted molar refractivity (Wildman–Crippen MR) is 82.0 cm³/mol. The summed E-state index contributed by atoms with van der Waals surface area (Å²) in [5.74, 6) is 0.348. The molecule has 1 aromatic carbocycles. The van der Waals surface area contributed by atoms with E-state index in [2.05, 4.69) is 4.98 Å². The number of nitrogens with two attached hydrogens (primary N) is 1. The molecule has 20 heavy (non-hydrogen) atoms. The van der Waals surface area contributed by atoms with Crippen molar-refractivity contribution in [2.24, 2.45) is 0 Å². The molecule has 0 aliphatic rings. The van der Waals surface area contributed by atoms with Gasteiger partial charge in [0.25, 0.3) is 0 Å². The molecule has 1 aromatic heterocycles. The number of nitrogens with zero attached hydrogens (tertiary/aromatic N) is 3. The first-order valence-electron chi connectivity index (χ1n) is 5.61. The van der Waals surface area contributed by atoms with Crippen LogP contribution < -0.4 is 5.73 Å². The van der Waals surface area contributed by atoms with Crippen LogP contribution in [0, 0.1) is 22.7 Å². The third-order valence-corrected chi connectivity index (χ3v) is 4.65. The quantitative estimate of drug-likeness (QED) is 0.694. The Hall–Kier alpha value is -2.28. The number of nitriles is 2. The third-order valence-electron chi connectivity index (χ3n) is 2.57. The van der Waals surface area contributed by atoms with Crippen LogP contribution in [0.2, 0.25) is 0 Å². The molecule has 0 unspecified atom stereocenters. The van der Waals surface area contributed by atoms with Gasteiger partial charge in [0.15, 0.2) is 4.34 Å². The zero-order valence-electron chi connectivity index (χ0n) is 10.6. The third kappa shape index (κ3) is 2.67. The zero-order valence-corrected chi connectivity index (χ0v) is 12.3. The molecule has 0 aliphatic carbocycles. The van der Waals surface area contributed by atoms with Crippen molar-refractivity contribution < 1.29 is 0 Å². The van der Waals surface area contributed by atoms with Gasteiger partial charge in [0.2, 0.25) is 0 Å². The van der Waals surface area contributed by atoms with E-state index in [1.807, 2.05) is 48.7 Å². The topological polar surface area (TPSA) is 86.5 Å². The van der Waals surface area contributed by atoms with E-state index in [0.29, 0.717) is 16.3 Å². The molecule has 0 bridgehead atoms. The Kier molecular flexibility index (Phi) is 4.41. The summed E-state index contributed by atoms with van der Waals surface area (Å²) < 4.78 is 0.807. The molecule has 0 radical (unpaired) electrons. The molecule has 0 fully saturated rings. The minimum Gasteiger partial charge on any atom is -0.382 e. The monoisotopic (exact) mass is 298 g/mol. The Morgan fingerprint density at radius 2 is 1.90 bits per heavy atom. The zero-order chi connectivity index (χ0) is 14.5. The molecule has 6 heteroatoms. The number of allylic oxidation sites excluding steroid dienone is 1. The van der Waals surface area contributed by atoms with Crippen LogP contribution in [0.25, 0.3) is 5.57 Å². The van der Waals surface area contributed by atoms with Gasteiger partial charge in [0.05, 0.1) is 4.88 Å². The van der Waals surface area contributed by atoms with Gasteiger partial charge in [0.1, 0.15) is 23.5 Å². The fraction of sp³-hybridized carbons (Fsp3) is 0.0714. The van der Waals surface area contributed by atoms with Crippen LogP contribution in [-0.4, -0.2) is 11.2 Å². The first-order chi connectivity index (χ1) is 9.71. The van der Waals surface area contributed by atoms with Crippen molar-refractivity contribution in [3.8, 4) is 12.1 Å². The lowest BCUT2D eigenvalue weighted by Crippen LogP contribution is -1.95. The van der Waals surface area contributed by atoms with E-state index >= 15 is 0 Å². The first-order valence-corrected chi connectivity index (χ1v) is 7.66. The summed E-state index contributed by atoms with van der Waals surface area (Å²) in [6.07, 6.45) is 1.91. The molecule has 0 amide bonds. The second-order valence-corrected chi connectivity index (χ2v) is 5.79. The van der Waals surface area contributed by atoms with Crippen LogP contribution in [0.1, 0.15) is 10.4 Å². The molecule has 98 valence electrons. The second-order valence-electron chi connectivity index (χ2n) is 3.74. The number of benzene rings is 1. The fourth-order valence-electron chi connectivity index (χ4n) is 1.71. The molecule has 0 aliphatic heterocycles. The van der Waals surface area contributed by atoms with Gasteiger partial charge in [-0.2, -0.15) is 10.5 Å². The van der Waals surface area contributed by atoms with Crippen LogP contribution in [0.5, 0.6) is 0 Å². The summed E-state index contributed by atoms with van der Waals surface area (Å²) in [5.41, 5.74) is 7.31. The Morgan fingerprint density at radius 3 is 2.40 bits per heavy atom. The number of thioether (sulfide) groups is 1. The molecule has 2 rings (SSSR count). The largest absolute Gasteiger partial charge is 0.382 e. The van der Waals surface area contributed by atoms with Gasteiger partial charge in [-0.15, -0.1) is 11.3 Å². The van der Waals surface area contributed by atoms with Gasteiger partial charge in [-0.05, 0) is 11.8 Å².